The summed E-state index contributed by atoms with van der Waals surface area (Å²) in [6.45, 7) is 1.55. The molecule has 12 heteroatoms. The molecule has 150 valence electrons. The third-order valence-corrected chi connectivity index (χ3v) is 4.94. The first-order chi connectivity index (χ1) is 13.8. The van der Waals surface area contributed by atoms with Crippen molar-refractivity contribution in [1.29, 1.82) is 0 Å². The van der Waals surface area contributed by atoms with Gasteiger partial charge in [0.25, 0.3) is 10.0 Å². The van der Waals surface area contributed by atoms with Gasteiger partial charge in [-0.05, 0) is 31.2 Å². The fourth-order valence-corrected chi connectivity index (χ4v) is 3.49. The molecule has 2 amide bonds. The van der Waals surface area contributed by atoms with Crippen molar-refractivity contribution in [3.8, 4) is 17.3 Å². The summed E-state index contributed by atoms with van der Waals surface area (Å²) in [5.41, 5.74) is 0.179. The molecule has 0 bridgehead atoms. The molecular weight excluding hydrogens is 402 g/mol. The molecule has 1 aromatic carbocycles. The summed E-state index contributed by atoms with van der Waals surface area (Å²) < 4.78 is 37.5. The van der Waals surface area contributed by atoms with Crippen molar-refractivity contribution in [2.75, 3.05) is 12.4 Å². The molecule has 0 aliphatic rings. The lowest BCUT2D eigenvalue weighted by atomic mass is 10.2. The van der Waals surface area contributed by atoms with Gasteiger partial charge in [0.2, 0.25) is 5.95 Å². The molecule has 11 nitrogen and oxygen atoms in total. The summed E-state index contributed by atoms with van der Waals surface area (Å²) in [6, 6.07) is 7.60. The van der Waals surface area contributed by atoms with Crippen LogP contribution in [-0.4, -0.2) is 42.8 Å². The molecule has 3 aromatic rings. The lowest BCUT2D eigenvalue weighted by Gasteiger charge is -2.11. The first kappa shape index (κ1) is 19.9. The number of aryl methyl sites for hydroxylation is 1. The number of methoxy groups -OCH3 is 1. The number of ether oxygens (including phenoxy) is 1. The van der Waals surface area contributed by atoms with Crippen molar-refractivity contribution in [1.82, 2.24) is 19.7 Å². The van der Waals surface area contributed by atoms with Crippen LogP contribution in [-0.2, 0) is 10.0 Å². The first-order valence-electron chi connectivity index (χ1n) is 8.07. The van der Waals surface area contributed by atoms with Gasteiger partial charge >= 0.3 is 12.0 Å². The maximum atomic E-state index is 12.7. The van der Waals surface area contributed by atoms with E-state index in [2.05, 4.69) is 20.3 Å². The number of aromatic nitrogens is 3. The summed E-state index contributed by atoms with van der Waals surface area (Å²) >= 11 is 0. The molecule has 2 N–H and O–H groups in total. The van der Waals surface area contributed by atoms with E-state index in [-0.39, 0.29) is 39.8 Å². The van der Waals surface area contributed by atoms with Crippen LogP contribution in [0.2, 0.25) is 0 Å². The Labute approximate surface area is 165 Å². The minimum atomic E-state index is -4.29. The number of amides is 2. The van der Waals surface area contributed by atoms with E-state index in [1.165, 1.54) is 37.4 Å². The molecule has 0 spiro atoms. The van der Waals surface area contributed by atoms with Gasteiger partial charge in [-0.1, -0.05) is 12.1 Å². The SMILES string of the molecule is COc1nc(C)nc(NC(=O)NS(=O)(=O)c2ccccc2-c2ccc(C=O)o2)n1. The number of nitrogens with zero attached hydrogens (tertiary/aromatic N) is 3. The van der Waals surface area contributed by atoms with E-state index in [0.29, 0.717) is 6.29 Å². The van der Waals surface area contributed by atoms with E-state index in [9.17, 15) is 18.0 Å². The summed E-state index contributed by atoms with van der Waals surface area (Å²) in [7, 11) is -2.96. The minimum absolute atomic E-state index is 0.0372. The van der Waals surface area contributed by atoms with Crippen LogP contribution in [0.25, 0.3) is 11.3 Å². The lowest BCUT2D eigenvalue weighted by molar-refractivity contribution is 0.110. The number of rotatable bonds is 6. The van der Waals surface area contributed by atoms with Crippen molar-refractivity contribution < 1.29 is 27.2 Å². The van der Waals surface area contributed by atoms with Crippen LogP contribution >= 0.6 is 0 Å². The summed E-state index contributed by atoms with van der Waals surface area (Å²) in [5.74, 6) is 0.282. The van der Waals surface area contributed by atoms with Gasteiger partial charge in [0.15, 0.2) is 12.0 Å². The molecule has 0 fully saturated rings. The Kier molecular flexibility index (Phi) is 5.54. The fourth-order valence-electron chi connectivity index (χ4n) is 2.37. The van der Waals surface area contributed by atoms with Gasteiger partial charge < -0.3 is 9.15 Å². The monoisotopic (exact) mass is 417 g/mol. The Morgan fingerprint density at radius 1 is 1.14 bits per heavy atom. The third kappa shape index (κ3) is 4.55. The third-order valence-electron chi connectivity index (χ3n) is 3.55. The highest BCUT2D eigenvalue weighted by Gasteiger charge is 2.23. The van der Waals surface area contributed by atoms with Crippen LogP contribution in [0.3, 0.4) is 0 Å². The fraction of sp³-hybridized carbons (Fsp3) is 0.118. The van der Waals surface area contributed by atoms with Gasteiger partial charge in [-0.25, -0.2) is 17.9 Å². The number of urea groups is 1. The second kappa shape index (κ2) is 8.06. The van der Waals surface area contributed by atoms with Crippen LogP contribution in [0.15, 0.2) is 45.7 Å². The van der Waals surface area contributed by atoms with Gasteiger partial charge in [-0.3, -0.25) is 10.1 Å². The molecule has 0 unspecified atom stereocenters. The van der Waals surface area contributed by atoms with Gasteiger partial charge in [0, 0.05) is 5.56 Å². The largest absolute Gasteiger partial charge is 0.467 e. The van der Waals surface area contributed by atoms with Crippen molar-refractivity contribution in [2.24, 2.45) is 0 Å². The van der Waals surface area contributed by atoms with Crippen molar-refractivity contribution in [3.63, 3.8) is 0 Å². The van der Waals surface area contributed by atoms with E-state index < -0.39 is 16.1 Å². The minimum Gasteiger partial charge on any atom is -0.467 e. The van der Waals surface area contributed by atoms with Gasteiger partial charge in [-0.15, -0.1) is 0 Å². The maximum absolute atomic E-state index is 12.7. The van der Waals surface area contributed by atoms with Gasteiger partial charge in [-0.2, -0.15) is 15.0 Å². The summed E-state index contributed by atoms with van der Waals surface area (Å²) in [5, 5.41) is 2.21. The Hall–Kier alpha value is -3.80. The number of aldehydes is 1. The Bertz CT molecular complexity index is 1170. The molecule has 0 saturated heterocycles. The number of hydrogen-bond acceptors (Lipinski definition) is 9. The first-order valence-corrected chi connectivity index (χ1v) is 9.55. The van der Waals surface area contributed by atoms with Crippen LogP contribution in [0.5, 0.6) is 6.01 Å². The Morgan fingerprint density at radius 3 is 2.59 bits per heavy atom. The zero-order chi connectivity index (χ0) is 21.0. The van der Waals surface area contributed by atoms with Crippen LogP contribution < -0.4 is 14.8 Å². The standard InChI is InChI=1S/C17H15N5O6S/c1-10-18-15(21-17(19-10)27-2)20-16(24)22-29(25,26)14-6-4-3-5-12(14)13-8-7-11(9-23)28-13/h3-9H,1-2H3,(H2,18,19,20,21,22,24). The zero-order valence-corrected chi connectivity index (χ0v) is 16.1. The average Bonchev–Trinajstić information content (AvgIpc) is 3.16. The topological polar surface area (TPSA) is 153 Å². The Balaban J connectivity index is 1.86. The second-order valence-electron chi connectivity index (χ2n) is 5.57. The molecule has 29 heavy (non-hydrogen) atoms. The van der Waals surface area contributed by atoms with Crippen LogP contribution in [0, 0.1) is 6.92 Å². The van der Waals surface area contributed by atoms with E-state index in [1.54, 1.807) is 13.0 Å². The number of hydrogen-bond donors (Lipinski definition) is 2. The van der Waals surface area contributed by atoms with Crippen molar-refractivity contribution in [3.05, 3.63) is 48.0 Å². The number of anilines is 1. The van der Waals surface area contributed by atoms with Crippen molar-refractivity contribution >= 4 is 28.3 Å². The number of nitrogens with one attached hydrogen (secondary N) is 2. The predicted molar refractivity (Wildman–Crippen MR) is 100.0 cm³/mol. The maximum Gasteiger partial charge on any atom is 0.335 e. The highest BCUT2D eigenvalue weighted by molar-refractivity contribution is 7.90. The van der Waals surface area contributed by atoms with Crippen LogP contribution in [0.1, 0.15) is 16.4 Å². The molecule has 0 aliphatic carbocycles. The van der Waals surface area contributed by atoms with E-state index in [0.717, 1.165) is 0 Å². The predicted octanol–water partition coefficient (Wildman–Crippen LogP) is 1.77. The molecule has 3 rings (SSSR count). The quantitative estimate of drug-likeness (QED) is 0.571. The molecule has 0 atom stereocenters. The lowest BCUT2D eigenvalue weighted by Crippen LogP contribution is -2.35. The molecule has 0 saturated carbocycles. The zero-order valence-electron chi connectivity index (χ0n) is 15.2. The number of carbonyl (C=O) groups is 2. The smallest absolute Gasteiger partial charge is 0.335 e. The summed E-state index contributed by atoms with van der Waals surface area (Å²) in [4.78, 5) is 34.4. The van der Waals surface area contributed by atoms with E-state index in [4.69, 9.17) is 9.15 Å². The molecule has 2 heterocycles. The second-order valence-corrected chi connectivity index (χ2v) is 7.22. The van der Waals surface area contributed by atoms with Crippen molar-refractivity contribution in [2.45, 2.75) is 11.8 Å². The van der Waals surface area contributed by atoms with Crippen LogP contribution in [0.4, 0.5) is 10.7 Å². The van der Waals surface area contributed by atoms with E-state index in [1.807, 2.05) is 4.72 Å². The van der Waals surface area contributed by atoms with Gasteiger partial charge in [0.1, 0.15) is 11.6 Å². The normalized spacial score (nSPS) is 11.0. The Morgan fingerprint density at radius 2 is 1.90 bits per heavy atom. The number of carbonyl (C=O) groups excluding carboxylic acids is 2. The highest BCUT2D eigenvalue weighted by Crippen LogP contribution is 2.28. The number of furan rings is 1. The number of sulfonamides is 1. The molecule has 0 aliphatic heterocycles. The van der Waals surface area contributed by atoms with Gasteiger partial charge in [0.05, 0.1) is 12.0 Å². The average molecular weight is 417 g/mol. The van der Waals surface area contributed by atoms with E-state index >= 15 is 0 Å². The highest BCUT2D eigenvalue weighted by atomic mass is 32.2. The molecule has 0 radical (unpaired) electrons. The summed E-state index contributed by atoms with van der Waals surface area (Å²) in [6.07, 6.45) is 0.497. The molecular formula is C17H15N5O6S. The molecule has 2 aromatic heterocycles. The number of benzene rings is 1.